The predicted octanol–water partition coefficient (Wildman–Crippen LogP) is 2.44. The Hall–Kier alpha value is -2.06. The highest BCUT2D eigenvalue weighted by Gasteiger charge is 2.42. The Morgan fingerprint density at radius 2 is 1.63 bits per heavy atom. The van der Waals surface area contributed by atoms with Gasteiger partial charge in [0.25, 0.3) is 5.92 Å². The van der Waals surface area contributed by atoms with Crippen molar-refractivity contribution in [2.24, 2.45) is 0 Å². The number of rotatable bonds is 5. The van der Waals surface area contributed by atoms with Crippen LogP contribution in [0.1, 0.15) is 32.1 Å². The SMILES string of the molecule is O=C(CN1CCCCCC1)Nc1ccc(NC(=O)C2CC(F)(F)CN2)cc1. The summed E-state index contributed by atoms with van der Waals surface area (Å²) in [6.45, 7) is 1.80. The summed E-state index contributed by atoms with van der Waals surface area (Å²) in [6.07, 6.45) is 4.20. The third-order valence-corrected chi connectivity index (χ3v) is 4.93. The number of benzene rings is 1. The van der Waals surface area contributed by atoms with Crippen LogP contribution in [-0.2, 0) is 9.59 Å². The minimum Gasteiger partial charge on any atom is -0.325 e. The predicted molar refractivity (Wildman–Crippen MR) is 100.0 cm³/mol. The average Bonchev–Trinajstić information content (AvgIpc) is 2.81. The van der Waals surface area contributed by atoms with E-state index in [-0.39, 0.29) is 5.91 Å². The Morgan fingerprint density at radius 1 is 1.04 bits per heavy atom. The standard InChI is InChI=1S/C19H26F2N4O2/c20-19(21)11-16(22-13-19)18(27)24-15-7-5-14(6-8-15)23-17(26)12-25-9-3-1-2-4-10-25/h5-8,16,22H,1-4,9-13H2,(H,23,26)(H,24,27). The topological polar surface area (TPSA) is 73.5 Å². The molecular formula is C19H26F2N4O2. The van der Waals surface area contributed by atoms with Crippen molar-refractivity contribution in [1.82, 2.24) is 10.2 Å². The number of hydrogen-bond donors (Lipinski definition) is 3. The van der Waals surface area contributed by atoms with Crippen molar-refractivity contribution in [2.75, 3.05) is 36.8 Å². The summed E-state index contributed by atoms with van der Waals surface area (Å²) in [5.41, 5.74) is 1.14. The lowest BCUT2D eigenvalue weighted by Crippen LogP contribution is -2.35. The van der Waals surface area contributed by atoms with Gasteiger partial charge in [-0.15, -0.1) is 0 Å². The van der Waals surface area contributed by atoms with E-state index in [0.717, 1.165) is 25.9 Å². The molecule has 1 aromatic carbocycles. The summed E-state index contributed by atoms with van der Waals surface area (Å²) in [7, 11) is 0. The summed E-state index contributed by atoms with van der Waals surface area (Å²) < 4.78 is 26.3. The smallest absolute Gasteiger partial charge is 0.262 e. The van der Waals surface area contributed by atoms with E-state index in [9.17, 15) is 18.4 Å². The van der Waals surface area contributed by atoms with E-state index in [4.69, 9.17) is 0 Å². The molecular weight excluding hydrogens is 354 g/mol. The van der Waals surface area contributed by atoms with Crippen molar-refractivity contribution >= 4 is 23.2 Å². The molecule has 2 heterocycles. The van der Waals surface area contributed by atoms with Gasteiger partial charge in [-0.3, -0.25) is 19.8 Å². The van der Waals surface area contributed by atoms with Gasteiger partial charge in [0.1, 0.15) is 0 Å². The maximum absolute atomic E-state index is 13.2. The van der Waals surface area contributed by atoms with Gasteiger partial charge < -0.3 is 10.6 Å². The molecule has 2 aliphatic heterocycles. The van der Waals surface area contributed by atoms with E-state index >= 15 is 0 Å². The van der Waals surface area contributed by atoms with Gasteiger partial charge in [-0.25, -0.2) is 8.78 Å². The summed E-state index contributed by atoms with van der Waals surface area (Å²) >= 11 is 0. The summed E-state index contributed by atoms with van der Waals surface area (Å²) in [5.74, 6) is -3.39. The highest BCUT2D eigenvalue weighted by Crippen LogP contribution is 2.26. The molecule has 2 saturated heterocycles. The van der Waals surface area contributed by atoms with Crippen molar-refractivity contribution in [3.63, 3.8) is 0 Å². The van der Waals surface area contributed by atoms with Crippen LogP contribution in [-0.4, -0.2) is 54.9 Å². The number of carbonyl (C=O) groups is 2. The number of amides is 2. The molecule has 1 atom stereocenters. The number of hydrogen-bond acceptors (Lipinski definition) is 4. The molecule has 0 aromatic heterocycles. The second kappa shape index (κ2) is 8.75. The van der Waals surface area contributed by atoms with E-state index in [1.54, 1.807) is 24.3 Å². The van der Waals surface area contributed by atoms with Crippen LogP contribution in [0, 0.1) is 0 Å². The van der Waals surface area contributed by atoms with E-state index in [1.165, 1.54) is 12.8 Å². The molecule has 148 valence electrons. The minimum absolute atomic E-state index is 0.0638. The molecule has 6 nitrogen and oxygen atoms in total. The lowest BCUT2D eigenvalue weighted by molar-refractivity contribution is -0.118. The number of anilines is 2. The normalized spacial score (nSPS) is 22.8. The molecule has 2 fully saturated rings. The second-order valence-corrected chi connectivity index (χ2v) is 7.30. The first kappa shape index (κ1) is 19.7. The number of likely N-dealkylation sites (tertiary alicyclic amines) is 1. The van der Waals surface area contributed by atoms with Gasteiger partial charge >= 0.3 is 0 Å². The molecule has 0 radical (unpaired) electrons. The summed E-state index contributed by atoms with van der Waals surface area (Å²) in [4.78, 5) is 26.4. The van der Waals surface area contributed by atoms with E-state index in [1.807, 2.05) is 0 Å². The molecule has 2 aliphatic rings. The maximum Gasteiger partial charge on any atom is 0.262 e. The fraction of sp³-hybridized carbons (Fsp3) is 0.579. The van der Waals surface area contributed by atoms with Crippen LogP contribution < -0.4 is 16.0 Å². The number of halogens is 2. The average molecular weight is 380 g/mol. The van der Waals surface area contributed by atoms with Crippen molar-refractivity contribution in [1.29, 1.82) is 0 Å². The number of alkyl halides is 2. The van der Waals surface area contributed by atoms with Crippen LogP contribution in [0.15, 0.2) is 24.3 Å². The van der Waals surface area contributed by atoms with Crippen molar-refractivity contribution in [2.45, 2.75) is 44.1 Å². The second-order valence-electron chi connectivity index (χ2n) is 7.30. The van der Waals surface area contributed by atoms with Crippen molar-refractivity contribution in [3.05, 3.63) is 24.3 Å². The first-order valence-electron chi connectivity index (χ1n) is 9.46. The van der Waals surface area contributed by atoms with Crippen LogP contribution in [0.4, 0.5) is 20.2 Å². The fourth-order valence-corrected chi connectivity index (χ4v) is 3.47. The lowest BCUT2D eigenvalue weighted by atomic mass is 10.2. The third-order valence-electron chi connectivity index (χ3n) is 4.93. The van der Waals surface area contributed by atoms with E-state index < -0.39 is 30.8 Å². The van der Waals surface area contributed by atoms with Gasteiger partial charge in [0, 0.05) is 17.8 Å². The molecule has 0 spiro atoms. The molecule has 27 heavy (non-hydrogen) atoms. The molecule has 3 rings (SSSR count). The maximum atomic E-state index is 13.2. The molecule has 8 heteroatoms. The summed E-state index contributed by atoms with van der Waals surface area (Å²) in [6, 6.07) is 5.77. The third kappa shape index (κ3) is 5.97. The highest BCUT2D eigenvalue weighted by atomic mass is 19.3. The largest absolute Gasteiger partial charge is 0.325 e. The van der Waals surface area contributed by atoms with Gasteiger partial charge in [-0.2, -0.15) is 0 Å². The first-order chi connectivity index (χ1) is 12.9. The van der Waals surface area contributed by atoms with Crippen LogP contribution in [0.3, 0.4) is 0 Å². The molecule has 0 saturated carbocycles. The molecule has 2 amide bonds. The van der Waals surface area contributed by atoms with E-state index in [0.29, 0.717) is 17.9 Å². The Morgan fingerprint density at radius 3 is 2.19 bits per heavy atom. The molecule has 3 N–H and O–H groups in total. The van der Waals surface area contributed by atoms with Crippen molar-refractivity contribution < 1.29 is 18.4 Å². The molecule has 0 aliphatic carbocycles. The minimum atomic E-state index is -2.84. The van der Waals surface area contributed by atoms with Gasteiger partial charge in [-0.05, 0) is 50.2 Å². The van der Waals surface area contributed by atoms with Crippen molar-refractivity contribution in [3.8, 4) is 0 Å². The zero-order valence-corrected chi connectivity index (χ0v) is 15.3. The number of nitrogens with one attached hydrogen (secondary N) is 3. The number of carbonyl (C=O) groups excluding carboxylic acids is 2. The Labute approximate surface area is 157 Å². The first-order valence-corrected chi connectivity index (χ1v) is 9.46. The lowest BCUT2D eigenvalue weighted by Gasteiger charge is -2.19. The van der Waals surface area contributed by atoms with Gasteiger partial charge in [-0.1, -0.05) is 12.8 Å². The molecule has 0 bridgehead atoms. The van der Waals surface area contributed by atoms with Crippen LogP contribution in [0.2, 0.25) is 0 Å². The van der Waals surface area contributed by atoms with Gasteiger partial charge in [0.2, 0.25) is 11.8 Å². The number of nitrogens with zero attached hydrogens (tertiary/aromatic N) is 1. The van der Waals surface area contributed by atoms with E-state index in [2.05, 4.69) is 20.9 Å². The zero-order chi connectivity index (χ0) is 19.3. The molecule has 1 aromatic rings. The van der Waals surface area contributed by atoms with Crippen LogP contribution >= 0.6 is 0 Å². The zero-order valence-electron chi connectivity index (χ0n) is 15.3. The Bertz CT molecular complexity index is 658. The quantitative estimate of drug-likeness (QED) is 0.734. The summed E-state index contributed by atoms with van der Waals surface area (Å²) in [5, 5.41) is 7.99. The fourth-order valence-electron chi connectivity index (χ4n) is 3.47. The van der Waals surface area contributed by atoms with Gasteiger partial charge in [0.05, 0.1) is 19.1 Å². The molecule has 1 unspecified atom stereocenters. The highest BCUT2D eigenvalue weighted by molar-refractivity contribution is 5.96. The Balaban J connectivity index is 1.46. The van der Waals surface area contributed by atoms with Gasteiger partial charge in [0.15, 0.2) is 0 Å². The Kier molecular flexibility index (Phi) is 6.38. The van der Waals surface area contributed by atoms with Crippen LogP contribution in [0.5, 0.6) is 0 Å². The van der Waals surface area contributed by atoms with Crippen LogP contribution in [0.25, 0.3) is 0 Å². The monoisotopic (exact) mass is 380 g/mol.